The Bertz CT molecular complexity index is 1990. The van der Waals surface area contributed by atoms with E-state index < -0.39 is 0 Å². The van der Waals surface area contributed by atoms with Gasteiger partial charge in [-0.3, -0.25) is 0 Å². The number of para-hydroxylation sites is 2. The highest BCUT2D eigenvalue weighted by Crippen LogP contribution is 2.42. The predicted molar refractivity (Wildman–Crippen MR) is 193 cm³/mol. The fraction of sp³-hybridized carbons (Fsp3) is 0.143. The lowest BCUT2D eigenvalue weighted by Crippen LogP contribution is -2.10. The minimum absolute atomic E-state index is 0.901. The molecule has 0 radical (unpaired) electrons. The summed E-state index contributed by atoms with van der Waals surface area (Å²) in [6, 6.07) is 48.7. The molecule has 0 atom stereocenters. The number of rotatable bonds is 7. The second kappa shape index (κ2) is 11.7. The number of nitrogens with zero attached hydrogens (tertiary/aromatic N) is 3. The van der Waals surface area contributed by atoms with Crippen molar-refractivity contribution in [3.05, 3.63) is 156 Å². The van der Waals surface area contributed by atoms with Crippen LogP contribution < -0.4 is 9.80 Å². The van der Waals surface area contributed by atoms with Gasteiger partial charge in [0, 0.05) is 62.5 Å². The van der Waals surface area contributed by atoms with Crippen LogP contribution in [0.5, 0.6) is 0 Å². The van der Waals surface area contributed by atoms with Gasteiger partial charge in [-0.1, -0.05) is 48.5 Å². The van der Waals surface area contributed by atoms with Crippen LogP contribution in [0.1, 0.15) is 29.2 Å². The van der Waals surface area contributed by atoms with E-state index in [0.29, 0.717) is 0 Å². The van der Waals surface area contributed by atoms with Crippen molar-refractivity contribution in [1.82, 2.24) is 4.57 Å². The fourth-order valence-electron chi connectivity index (χ4n) is 6.48. The molecule has 0 aliphatic heterocycles. The monoisotopic (exact) mass is 585 g/mol. The molecule has 45 heavy (non-hydrogen) atoms. The molecule has 6 aromatic carbocycles. The van der Waals surface area contributed by atoms with Crippen LogP contribution in [-0.4, -0.2) is 4.57 Å². The summed E-state index contributed by atoms with van der Waals surface area (Å²) in [6.07, 6.45) is 0. The third-order valence-electron chi connectivity index (χ3n) is 9.19. The summed E-state index contributed by atoms with van der Waals surface area (Å²) in [7, 11) is 0. The number of hydrogen-bond acceptors (Lipinski definition) is 2. The maximum Gasteiger partial charge on any atom is 0.0492 e. The summed E-state index contributed by atoms with van der Waals surface area (Å²) in [4.78, 5) is 4.74. The summed E-state index contributed by atoms with van der Waals surface area (Å²) in [5.74, 6) is 0. The number of hydrogen-bond donors (Lipinski definition) is 0. The number of fused-ring (bicyclic) bond motifs is 3. The second-order valence-corrected chi connectivity index (χ2v) is 12.0. The zero-order valence-corrected chi connectivity index (χ0v) is 26.8. The Morgan fingerprint density at radius 2 is 0.778 bits per heavy atom. The molecular weight excluding hydrogens is 546 g/mol. The van der Waals surface area contributed by atoms with Gasteiger partial charge in [-0.25, -0.2) is 0 Å². The van der Waals surface area contributed by atoms with Crippen LogP contribution >= 0.6 is 0 Å². The smallest absolute Gasteiger partial charge is 0.0492 e. The summed E-state index contributed by atoms with van der Waals surface area (Å²) >= 11 is 0. The molecule has 222 valence electrons. The molecule has 0 amide bonds. The van der Waals surface area contributed by atoms with Gasteiger partial charge in [0.15, 0.2) is 0 Å². The van der Waals surface area contributed by atoms with Crippen LogP contribution in [-0.2, 0) is 6.54 Å². The van der Waals surface area contributed by atoms with Gasteiger partial charge in [0.2, 0.25) is 0 Å². The van der Waals surface area contributed by atoms with Gasteiger partial charge >= 0.3 is 0 Å². The van der Waals surface area contributed by atoms with Crippen LogP contribution in [0.15, 0.2) is 133 Å². The van der Waals surface area contributed by atoms with E-state index in [1.165, 1.54) is 44.1 Å². The third-order valence-corrected chi connectivity index (χ3v) is 9.19. The first-order valence-electron chi connectivity index (χ1n) is 15.8. The number of anilines is 6. The van der Waals surface area contributed by atoms with Crippen molar-refractivity contribution >= 4 is 55.9 Å². The van der Waals surface area contributed by atoms with E-state index in [9.17, 15) is 0 Å². The summed E-state index contributed by atoms with van der Waals surface area (Å²) in [6.45, 7) is 11.9. The molecule has 0 fully saturated rings. The molecule has 0 N–H and O–H groups in total. The average molecular weight is 586 g/mol. The summed E-state index contributed by atoms with van der Waals surface area (Å²) < 4.78 is 2.43. The van der Waals surface area contributed by atoms with Crippen molar-refractivity contribution in [2.24, 2.45) is 0 Å². The van der Waals surface area contributed by atoms with Crippen molar-refractivity contribution in [3.63, 3.8) is 0 Å². The van der Waals surface area contributed by atoms with Crippen LogP contribution in [0.3, 0.4) is 0 Å². The van der Waals surface area contributed by atoms with E-state index in [1.807, 2.05) is 0 Å². The first-order chi connectivity index (χ1) is 21.9. The highest BCUT2D eigenvalue weighted by Gasteiger charge is 2.19. The lowest BCUT2D eigenvalue weighted by molar-refractivity contribution is 0.827. The van der Waals surface area contributed by atoms with E-state index in [0.717, 1.165) is 40.7 Å². The SMILES string of the molecule is CCn1c2ccc(N(c3ccccc3)c3ccc(C)c(C)c3)cc2c2cc(N(c3ccccc3)c3ccc(C)c(C)c3)ccc21. The van der Waals surface area contributed by atoms with Crippen molar-refractivity contribution in [1.29, 1.82) is 0 Å². The van der Waals surface area contributed by atoms with Crippen LogP contribution in [0.2, 0.25) is 0 Å². The van der Waals surface area contributed by atoms with Gasteiger partial charge in [0.25, 0.3) is 0 Å². The molecule has 0 saturated heterocycles. The molecule has 1 heterocycles. The Kier molecular flexibility index (Phi) is 7.39. The quantitative estimate of drug-likeness (QED) is 0.184. The molecule has 7 rings (SSSR count). The van der Waals surface area contributed by atoms with Gasteiger partial charge in [0.05, 0.1) is 0 Å². The second-order valence-electron chi connectivity index (χ2n) is 12.0. The maximum atomic E-state index is 2.43. The zero-order chi connectivity index (χ0) is 31.1. The van der Waals surface area contributed by atoms with E-state index in [-0.39, 0.29) is 0 Å². The summed E-state index contributed by atoms with van der Waals surface area (Å²) in [5.41, 5.74) is 14.6. The highest BCUT2D eigenvalue weighted by atomic mass is 15.1. The Balaban J connectivity index is 1.45. The first kappa shape index (κ1) is 28.5. The van der Waals surface area contributed by atoms with Gasteiger partial charge < -0.3 is 14.4 Å². The zero-order valence-electron chi connectivity index (χ0n) is 26.8. The lowest BCUT2D eigenvalue weighted by atomic mass is 10.1. The van der Waals surface area contributed by atoms with Crippen molar-refractivity contribution < 1.29 is 0 Å². The normalized spacial score (nSPS) is 11.3. The minimum Gasteiger partial charge on any atom is -0.341 e. The topological polar surface area (TPSA) is 11.4 Å². The number of aromatic nitrogens is 1. The van der Waals surface area contributed by atoms with Crippen molar-refractivity contribution in [2.45, 2.75) is 41.2 Å². The van der Waals surface area contributed by atoms with E-state index in [4.69, 9.17) is 0 Å². The largest absolute Gasteiger partial charge is 0.341 e. The third kappa shape index (κ3) is 5.15. The molecule has 0 bridgehead atoms. The number of aryl methyl sites for hydroxylation is 5. The van der Waals surface area contributed by atoms with Crippen LogP contribution in [0.4, 0.5) is 34.1 Å². The van der Waals surface area contributed by atoms with Gasteiger partial charge in [0.1, 0.15) is 0 Å². The van der Waals surface area contributed by atoms with E-state index in [2.05, 4.69) is 182 Å². The van der Waals surface area contributed by atoms with Crippen molar-refractivity contribution in [2.75, 3.05) is 9.80 Å². The maximum absolute atomic E-state index is 2.43. The number of benzene rings is 6. The van der Waals surface area contributed by atoms with Gasteiger partial charge in [-0.05, 0) is 142 Å². The summed E-state index contributed by atoms with van der Waals surface area (Å²) in [5, 5.41) is 2.51. The highest BCUT2D eigenvalue weighted by molar-refractivity contribution is 6.11. The Labute approximate surface area is 266 Å². The Hall–Kier alpha value is -5.28. The van der Waals surface area contributed by atoms with E-state index in [1.54, 1.807) is 0 Å². The van der Waals surface area contributed by atoms with E-state index >= 15 is 0 Å². The van der Waals surface area contributed by atoms with Crippen LogP contribution in [0.25, 0.3) is 21.8 Å². The molecule has 0 spiro atoms. The average Bonchev–Trinajstić information content (AvgIpc) is 3.38. The molecule has 3 nitrogen and oxygen atoms in total. The lowest BCUT2D eigenvalue weighted by Gasteiger charge is -2.26. The molecule has 3 heteroatoms. The molecule has 7 aromatic rings. The fourth-order valence-corrected chi connectivity index (χ4v) is 6.48. The molecule has 1 aromatic heterocycles. The Morgan fingerprint density at radius 1 is 0.400 bits per heavy atom. The molecule has 0 saturated carbocycles. The Morgan fingerprint density at radius 3 is 1.16 bits per heavy atom. The van der Waals surface area contributed by atoms with Crippen molar-refractivity contribution in [3.8, 4) is 0 Å². The first-order valence-corrected chi connectivity index (χ1v) is 15.8. The molecule has 0 aliphatic carbocycles. The molecular formula is C42H39N3. The van der Waals surface area contributed by atoms with Gasteiger partial charge in [-0.2, -0.15) is 0 Å². The minimum atomic E-state index is 0.901. The molecule has 0 unspecified atom stereocenters. The van der Waals surface area contributed by atoms with Gasteiger partial charge in [-0.15, -0.1) is 0 Å². The molecule has 0 aliphatic rings. The van der Waals surface area contributed by atoms with Crippen LogP contribution in [0, 0.1) is 27.7 Å². The standard InChI is InChI=1S/C42H39N3/c1-6-43-41-23-21-37(44(33-13-9-7-10-14-33)35-19-17-29(2)31(4)25-35)27-39(41)40-28-38(22-24-42(40)43)45(34-15-11-8-12-16-34)36-20-18-30(3)32(5)26-36/h7-28H,6H2,1-5H3. The predicted octanol–water partition coefficient (Wildman–Crippen LogP) is 12.0.